The zero-order valence-corrected chi connectivity index (χ0v) is 13.3. The average Bonchev–Trinajstić information content (AvgIpc) is 3.05. The minimum absolute atomic E-state index is 0.0243. The van der Waals surface area contributed by atoms with E-state index < -0.39 is 4.92 Å². The highest BCUT2D eigenvalue weighted by Gasteiger charge is 2.24. The molecule has 0 spiro atoms. The third-order valence-electron chi connectivity index (χ3n) is 4.43. The molecular weight excluding hydrogens is 318 g/mol. The monoisotopic (exact) mass is 333 g/mol. The number of rotatable bonds is 2. The van der Waals surface area contributed by atoms with Gasteiger partial charge in [-0.2, -0.15) is 0 Å². The smallest absolute Gasteiger partial charge is 0.269 e. The molecule has 0 radical (unpaired) electrons. The molecule has 25 heavy (non-hydrogen) atoms. The topological polar surface area (TPSA) is 68.4 Å². The number of carbonyl (C=O) groups is 1. The Morgan fingerprint density at radius 3 is 2.40 bits per heavy atom. The number of amides is 1. The SMILES string of the molecule is O=C(c1ccc([N+](=O)[O-])cc1)N1CCc2cccn2-c2ccccc21. The molecule has 6 nitrogen and oxygen atoms in total. The summed E-state index contributed by atoms with van der Waals surface area (Å²) in [7, 11) is 0. The Bertz CT molecular complexity index is 960. The van der Waals surface area contributed by atoms with E-state index in [2.05, 4.69) is 10.6 Å². The maximum Gasteiger partial charge on any atom is 0.269 e. The number of nitro benzene ring substituents is 1. The van der Waals surface area contributed by atoms with Gasteiger partial charge in [-0.1, -0.05) is 12.1 Å². The van der Waals surface area contributed by atoms with E-state index in [1.54, 1.807) is 4.90 Å². The Labute approximate surface area is 144 Å². The molecule has 0 unspecified atom stereocenters. The molecule has 2 aromatic carbocycles. The number of hydrogen-bond donors (Lipinski definition) is 0. The van der Waals surface area contributed by atoms with Crippen LogP contribution in [0.1, 0.15) is 16.1 Å². The zero-order chi connectivity index (χ0) is 17.4. The second kappa shape index (κ2) is 5.90. The van der Waals surface area contributed by atoms with Crippen molar-refractivity contribution < 1.29 is 9.72 Å². The van der Waals surface area contributed by atoms with Gasteiger partial charge in [0, 0.05) is 42.6 Å². The molecule has 4 rings (SSSR count). The van der Waals surface area contributed by atoms with Gasteiger partial charge in [0.15, 0.2) is 0 Å². The van der Waals surface area contributed by atoms with Gasteiger partial charge in [-0.25, -0.2) is 0 Å². The van der Waals surface area contributed by atoms with Crippen molar-refractivity contribution in [1.82, 2.24) is 4.57 Å². The fourth-order valence-electron chi connectivity index (χ4n) is 3.19. The lowest BCUT2D eigenvalue weighted by Gasteiger charge is -2.22. The van der Waals surface area contributed by atoms with Crippen LogP contribution in [0.3, 0.4) is 0 Å². The molecule has 1 aromatic heterocycles. The average molecular weight is 333 g/mol. The van der Waals surface area contributed by atoms with Gasteiger partial charge >= 0.3 is 0 Å². The van der Waals surface area contributed by atoms with Crippen LogP contribution in [0.4, 0.5) is 11.4 Å². The molecule has 0 saturated heterocycles. The first-order valence-corrected chi connectivity index (χ1v) is 7.97. The van der Waals surface area contributed by atoms with Crippen molar-refractivity contribution in [2.45, 2.75) is 6.42 Å². The molecule has 1 amide bonds. The van der Waals surface area contributed by atoms with E-state index in [1.165, 1.54) is 24.3 Å². The highest BCUT2D eigenvalue weighted by atomic mass is 16.6. The third-order valence-corrected chi connectivity index (χ3v) is 4.43. The zero-order valence-electron chi connectivity index (χ0n) is 13.3. The van der Waals surface area contributed by atoms with Crippen LogP contribution < -0.4 is 4.90 Å². The number of anilines is 1. The Hall–Kier alpha value is -3.41. The minimum atomic E-state index is -0.469. The first kappa shape index (κ1) is 15.1. The van der Waals surface area contributed by atoms with Crippen molar-refractivity contribution in [2.75, 3.05) is 11.4 Å². The molecule has 124 valence electrons. The standard InChI is InChI=1S/C19H15N3O3/c23-19(14-7-9-16(10-8-14)22(24)25)21-13-11-15-4-3-12-20(15)17-5-1-2-6-18(17)21/h1-10,12H,11,13H2. The van der Waals surface area contributed by atoms with Crippen LogP contribution in [0.2, 0.25) is 0 Å². The van der Waals surface area contributed by atoms with Crippen molar-refractivity contribution in [3.8, 4) is 5.69 Å². The number of non-ortho nitro benzene ring substituents is 1. The first-order valence-electron chi connectivity index (χ1n) is 7.97. The lowest BCUT2D eigenvalue weighted by atomic mass is 10.1. The molecule has 0 bridgehead atoms. The Morgan fingerprint density at radius 2 is 1.68 bits per heavy atom. The molecule has 0 N–H and O–H groups in total. The molecule has 0 fully saturated rings. The van der Waals surface area contributed by atoms with Gasteiger partial charge in [-0.05, 0) is 36.4 Å². The van der Waals surface area contributed by atoms with Gasteiger partial charge in [-0.3, -0.25) is 14.9 Å². The van der Waals surface area contributed by atoms with Crippen molar-refractivity contribution in [1.29, 1.82) is 0 Å². The highest BCUT2D eigenvalue weighted by molar-refractivity contribution is 6.07. The second-order valence-electron chi connectivity index (χ2n) is 5.87. The minimum Gasteiger partial charge on any atom is -0.319 e. The van der Waals surface area contributed by atoms with E-state index in [4.69, 9.17) is 0 Å². The van der Waals surface area contributed by atoms with Crippen molar-refractivity contribution in [3.63, 3.8) is 0 Å². The molecule has 1 aliphatic heterocycles. The number of nitrogens with zero attached hydrogens (tertiary/aromatic N) is 3. The lowest BCUT2D eigenvalue weighted by molar-refractivity contribution is -0.384. The van der Waals surface area contributed by atoms with Gasteiger partial charge in [0.2, 0.25) is 0 Å². The fourth-order valence-corrected chi connectivity index (χ4v) is 3.19. The quantitative estimate of drug-likeness (QED) is 0.531. The Morgan fingerprint density at radius 1 is 0.960 bits per heavy atom. The summed E-state index contributed by atoms with van der Waals surface area (Å²) in [5, 5.41) is 10.8. The third kappa shape index (κ3) is 2.57. The Kier molecular flexibility index (Phi) is 3.57. The van der Waals surface area contributed by atoms with E-state index in [-0.39, 0.29) is 11.6 Å². The molecule has 0 aliphatic carbocycles. The number of hydrogen-bond acceptors (Lipinski definition) is 3. The highest BCUT2D eigenvalue weighted by Crippen LogP contribution is 2.30. The normalized spacial score (nSPS) is 12.9. The number of benzene rings is 2. The summed E-state index contributed by atoms with van der Waals surface area (Å²) in [6.07, 6.45) is 2.73. The molecule has 3 aromatic rings. The summed E-state index contributed by atoms with van der Waals surface area (Å²) in [6, 6.07) is 17.6. The van der Waals surface area contributed by atoms with Gasteiger partial charge in [0.05, 0.1) is 16.3 Å². The van der Waals surface area contributed by atoms with E-state index in [0.717, 1.165) is 23.5 Å². The van der Waals surface area contributed by atoms with Crippen molar-refractivity contribution in [3.05, 3.63) is 88.2 Å². The maximum atomic E-state index is 13.0. The van der Waals surface area contributed by atoms with Crippen LogP contribution in [0.15, 0.2) is 66.9 Å². The predicted octanol–water partition coefficient (Wildman–Crippen LogP) is 3.59. The fraction of sp³-hybridized carbons (Fsp3) is 0.105. The van der Waals surface area contributed by atoms with Gasteiger partial charge in [0.25, 0.3) is 11.6 Å². The lowest BCUT2D eigenvalue weighted by Crippen LogP contribution is -2.32. The molecule has 1 aliphatic rings. The number of para-hydroxylation sites is 2. The summed E-state index contributed by atoms with van der Waals surface area (Å²) in [6.45, 7) is 0.552. The summed E-state index contributed by atoms with van der Waals surface area (Å²) >= 11 is 0. The largest absolute Gasteiger partial charge is 0.319 e. The first-order chi connectivity index (χ1) is 12.1. The number of nitro groups is 1. The number of carbonyl (C=O) groups excluding carboxylic acids is 1. The van der Waals surface area contributed by atoms with Gasteiger partial charge in [-0.15, -0.1) is 0 Å². The van der Waals surface area contributed by atoms with Crippen LogP contribution in [0, 0.1) is 10.1 Å². The summed E-state index contributed by atoms with van der Waals surface area (Å²) < 4.78 is 2.10. The molecular formula is C19H15N3O3. The molecule has 2 heterocycles. The van der Waals surface area contributed by atoms with Crippen LogP contribution in [0.25, 0.3) is 5.69 Å². The van der Waals surface area contributed by atoms with Crippen LogP contribution >= 0.6 is 0 Å². The Balaban J connectivity index is 1.74. The van der Waals surface area contributed by atoms with Gasteiger partial charge < -0.3 is 9.47 Å². The summed E-state index contributed by atoms with van der Waals surface area (Å²) in [5.41, 5.74) is 3.35. The van der Waals surface area contributed by atoms with Crippen molar-refractivity contribution >= 4 is 17.3 Å². The van der Waals surface area contributed by atoms with E-state index in [1.807, 2.05) is 36.5 Å². The van der Waals surface area contributed by atoms with Gasteiger partial charge in [0.1, 0.15) is 0 Å². The molecule has 6 heteroatoms. The van der Waals surface area contributed by atoms with Crippen LogP contribution in [-0.4, -0.2) is 21.9 Å². The molecule has 0 saturated carbocycles. The summed E-state index contributed by atoms with van der Waals surface area (Å²) in [4.78, 5) is 25.1. The summed E-state index contributed by atoms with van der Waals surface area (Å²) in [5.74, 6) is -0.159. The van der Waals surface area contributed by atoms with E-state index in [0.29, 0.717) is 12.1 Å². The number of aromatic nitrogens is 1. The molecule has 0 atom stereocenters. The van der Waals surface area contributed by atoms with Crippen LogP contribution in [0.5, 0.6) is 0 Å². The van der Waals surface area contributed by atoms with E-state index in [9.17, 15) is 14.9 Å². The van der Waals surface area contributed by atoms with E-state index >= 15 is 0 Å². The second-order valence-corrected chi connectivity index (χ2v) is 5.87. The van der Waals surface area contributed by atoms with Crippen molar-refractivity contribution in [2.24, 2.45) is 0 Å². The predicted molar refractivity (Wildman–Crippen MR) is 94.2 cm³/mol. The maximum absolute atomic E-state index is 13.0. The van der Waals surface area contributed by atoms with Crippen LogP contribution in [-0.2, 0) is 6.42 Å². The number of fused-ring (bicyclic) bond motifs is 3.